The van der Waals surface area contributed by atoms with Crippen LogP contribution in [0.15, 0.2) is 75.9 Å². The Morgan fingerprint density at radius 2 is 1.70 bits per heavy atom. The molecule has 4 rings (SSSR count). The molecule has 0 aliphatic rings. The molecule has 134 valence electrons. The van der Waals surface area contributed by atoms with Gasteiger partial charge in [-0.25, -0.2) is 4.98 Å². The van der Waals surface area contributed by atoms with Gasteiger partial charge < -0.3 is 4.74 Å². The number of nitrogens with one attached hydrogen (secondary N) is 1. The molecule has 0 bridgehead atoms. The fourth-order valence-corrected chi connectivity index (χ4v) is 4.49. The molecule has 2 heterocycles. The Labute approximate surface area is 172 Å². The van der Waals surface area contributed by atoms with E-state index in [2.05, 4.69) is 26.2 Å². The van der Waals surface area contributed by atoms with Crippen molar-refractivity contribution in [2.24, 2.45) is 0 Å². The molecule has 4 aromatic rings. The van der Waals surface area contributed by atoms with Gasteiger partial charge in [0, 0.05) is 10.9 Å². The first-order valence-corrected chi connectivity index (χ1v) is 10.5. The number of anilines is 1. The van der Waals surface area contributed by atoms with Crippen molar-refractivity contribution >= 4 is 49.6 Å². The Kier molecular flexibility index (Phi) is 5.33. The fourth-order valence-electron chi connectivity index (χ4n) is 2.36. The van der Waals surface area contributed by atoms with Crippen LogP contribution in [-0.4, -0.2) is 10.9 Å². The Bertz CT molecular complexity index is 1060. The van der Waals surface area contributed by atoms with Crippen LogP contribution in [0, 0.1) is 0 Å². The molecule has 1 amide bonds. The smallest absolute Gasteiger partial charge is 0.257 e. The lowest BCUT2D eigenvalue weighted by Gasteiger charge is -2.06. The van der Waals surface area contributed by atoms with E-state index in [9.17, 15) is 4.79 Å². The van der Waals surface area contributed by atoms with Crippen molar-refractivity contribution in [2.75, 3.05) is 5.32 Å². The number of aromatic nitrogens is 1. The number of hydrogen-bond donors (Lipinski definition) is 1. The number of nitrogens with zero attached hydrogens (tertiary/aromatic N) is 1. The molecule has 2 aromatic carbocycles. The third-order valence-corrected chi connectivity index (χ3v) is 6.05. The van der Waals surface area contributed by atoms with E-state index in [1.807, 2.05) is 47.8 Å². The van der Waals surface area contributed by atoms with E-state index in [1.165, 1.54) is 11.3 Å². The number of carbonyl (C=O) groups excluding carboxylic acids is 1. The van der Waals surface area contributed by atoms with Crippen LogP contribution < -0.4 is 10.1 Å². The number of benzene rings is 2. The lowest BCUT2D eigenvalue weighted by Crippen LogP contribution is -2.11. The molecular weight excluding hydrogens is 444 g/mol. The fraction of sp³-hybridized carbons (Fsp3) is 0. The van der Waals surface area contributed by atoms with Crippen molar-refractivity contribution < 1.29 is 9.53 Å². The number of rotatable bonds is 5. The summed E-state index contributed by atoms with van der Waals surface area (Å²) in [5, 5.41) is 5.35. The van der Waals surface area contributed by atoms with Crippen molar-refractivity contribution in [1.82, 2.24) is 4.98 Å². The summed E-state index contributed by atoms with van der Waals surface area (Å²) in [5.74, 6) is 1.23. The quantitative estimate of drug-likeness (QED) is 0.364. The maximum atomic E-state index is 12.4. The van der Waals surface area contributed by atoms with Crippen LogP contribution in [0.5, 0.6) is 11.5 Å². The van der Waals surface area contributed by atoms with E-state index in [4.69, 9.17) is 4.74 Å². The zero-order valence-corrected chi connectivity index (χ0v) is 17.1. The highest BCUT2D eigenvalue weighted by Crippen LogP contribution is 2.33. The SMILES string of the molecule is O=C(Nc1nc(-c2ccc(Br)s2)cs1)c1ccc(Oc2ccccc2)cc1. The van der Waals surface area contributed by atoms with Crippen LogP contribution in [0.25, 0.3) is 10.6 Å². The molecule has 7 heteroatoms. The summed E-state index contributed by atoms with van der Waals surface area (Å²) in [4.78, 5) is 18.0. The second-order valence-electron chi connectivity index (χ2n) is 5.54. The predicted molar refractivity (Wildman–Crippen MR) is 114 cm³/mol. The number of para-hydroxylation sites is 1. The largest absolute Gasteiger partial charge is 0.457 e. The summed E-state index contributed by atoms with van der Waals surface area (Å²) in [5.41, 5.74) is 1.41. The first-order chi connectivity index (χ1) is 13.2. The topological polar surface area (TPSA) is 51.2 Å². The minimum Gasteiger partial charge on any atom is -0.457 e. The second kappa shape index (κ2) is 8.04. The molecule has 0 saturated heterocycles. The molecule has 0 saturated carbocycles. The maximum absolute atomic E-state index is 12.4. The van der Waals surface area contributed by atoms with Gasteiger partial charge in [-0.05, 0) is 64.5 Å². The first-order valence-electron chi connectivity index (χ1n) is 8.03. The summed E-state index contributed by atoms with van der Waals surface area (Å²) in [6, 6.07) is 20.5. The molecule has 0 aliphatic heterocycles. The number of halogens is 1. The van der Waals surface area contributed by atoms with Crippen LogP contribution in [-0.2, 0) is 0 Å². The number of amides is 1. The number of thiazole rings is 1. The number of carbonyl (C=O) groups is 1. The Morgan fingerprint density at radius 1 is 0.963 bits per heavy atom. The number of hydrogen-bond acceptors (Lipinski definition) is 5. The molecule has 27 heavy (non-hydrogen) atoms. The van der Waals surface area contributed by atoms with Gasteiger partial charge in [-0.1, -0.05) is 18.2 Å². The Morgan fingerprint density at radius 3 is 2.41 bits per heavy atom. The molecule has 0 unspecified atom stereocenters. The van der Waals surface area contributed by atoms with Gasteiger partial charge in [0.25, 0.3) is 5.91 Å². The normalized spacial score (nSPS) is 10.6. The van der Waals surface area contributed by atoms with Crippen molar-refractivity contribution in [2.45, 2.75) is 0 Å². The number of thiophene rings is 1. The van der Waals surface area contributed by atoms with Crippen molar-refractivity contribution in [3.8, 4) is 22.1 Å². The van der Waals surface area contributed by atoms with Gasteiger partial charge in [-0.3, -0.25) is 10.1 Å². The van der Waals surface area contributed by atoms with Gasteiger partial charge in [0.2, 0.25) is 0 Å². The highest BCUT2D eigenvalue weighted by Gasteiger charge is 2.11. The van der Waals surface area contributed by atoms with Crippen molar-refractivity contribution in [1.29, 1.82) is 0 Å². The summed E-state index contributed by atoms with van der Waals surface area (Å²) in [7, 11) is 0. The van der Waals surface area contributed by atoms with Crippen LogP contribution in [0.3, 0.4) is 0 Å². The highest BCUT2D eigenvalue weighted by molar-refractivity contribution is 9.11. The second-order valence-corrected chi connectivity index (χ2v) is 8.86. The summed E-state index contributed by atoms with van der Waals surface area (Å²) in [6.45, 7) is 0. The van der Waals surface area contributed by atoms with Crippen molar-refractivity contribution in [3.63, 3.8) is 0 Å². The third-order valence-electron chi connectivity index (χ3n) is 3.65. The van der Waals surface area contributed by atoms with Crippen LogP contribution in [0.4, 0.5) is 5.13 Å². The molecule has 4 nitrogen and oxygen atoms in total. The monoisotopic (exact) mass is 456 g/mol. The molecular formula is C20H13BrN2O2S2. The molecule has 0 fully saturated rings. The molecule has 0 spiro atoms. The van der Waals surface area contributed by atoms with Gasteiger partial charge in [0.15, 0.2) is 5.13 Å². The maximum Gasteiger partial charge on any atom is 0.257 e. The van der Waals surface area contributed by atoms with E-state index in [0.29, 0.717) is 16.4 Å². The first kappa shape index (κ1) is 17.9. The Hall–Kier alpha value is -2.48. The average molecular weight is 457 g/mol. The zero-order chi connectivity index (χ0) is 18.6. The van der Waals surface area contributed by atoms with Gasteiger partial charge in [-0.15, -0.1) is 22.7 Å². The average Bonchev–Trinajstić information content (AvgIpc) is 3.32. The summed E-state index contributed by atoms with van der Waals surface area (Å²) < 4.78 is 6.79. The summed E-state index contributed by atoms with van der Waals surface area (Å²) in [6.07, 6.45) is 0. The molecule has 0 aliphatic carbocycles. The lowest BCUT2D eigenvalue weighted by molar-refractivity contribution is 0.102. The van der Waals surface area contributed by atoms with E-state index in [0.717, 1.165) is 20.1 Å². The van der Waals surface area contributed by atoms with Crippen LogP contribution in [0.2, 0.25) is 0 Å². The molecule has 2 aromatic heterocycles. The van der Waals surface area contributed by atoms with E-state index in [-0.39, 0.29) is 5.91 Å². The number of ether oxygens (including phenoxy) is 1. The van der Waals surface area contributed by atoms with Gasteiger partial charge >= 0.3 is 0 Å². The Balaban J connectivity index is 1.42. The van der Waals surface area contributed by atoms with E-state index < -0.39 is 0 Å². The van der Waals surface area contributed by atoms with Crippen LogP contribution in [0.1, 0.15) is 10.4 Å². The minimum absolute atomic E-state index is 0.200. The molecule has 0 atom stereocenters. The summed E-state index contributed by atoms with van der Waals surface area (Å²) >= 11 is 6.46. The van der Waals surface area contributed by atoms with Gasteiger partial charge in [0.05, 0.1) is 14.4 Å². The van der Waals surface area contributed by atoms with Gasteiger partial charge in [-0.2, -0.15) is 0 Å². The minimum atomic E-state index is -0.200. The third kappa shape index (κ3) is 4.44. The predicted octanol–water partition coefficient (Wildman–Crippen LogP) is 6.68. The highest BCUT2D eigenvalue weighted by atomic mass is 79.9. The molecule has 0 radical (unpaired) electrons. The van der Waals surface area contributed by atoms with Gasteiger partial charge in [0.1, 0.15) is 11.5 Å². The lowest BCUT2D eigenvalue weighted by atomic mass is 10.2. The molecule has 1 N–H and O–H groups in total. The zero-order valence-electron chi connectivity index (χ0n) is 13.9. The van der Waals surface area contributed by atoms with E-state index in [1.54, 1.807) is 35.6 Å². The van der Waals surface area contributed by atoms with E-state index >= 15 is 0 Å². The van der Waals surface area contributed by atoms with Crippen molar-refractivity contribution in [3.05, 3.63) is 81.5 Å². The van der Waals surface area contributed by atoms with Crippen LogP contribution >= 0.6 is 38.6 Å². The standard InChI is InChI=1S/C20H13BrN2O2S2/c21-18-11-10-17(27-18)16-12-26-20(22-16)23-19(24)13-6-8-15(9-7-13)25-14-4-2-1-3-5-14/h1-12H,(H,22,23,24).